The summed E-state index contributed by atoms with van der Waals surface area (Å²) in [4.78, 5) is 10.7. The van der Waals surface area contributed by atoms with Gasteiger partial charge in [-0.1, -0.05) is 16.8 Å². The van der Waals surface area contributed by atoms with Crippen LogP contribution in [0.5, 0.6) is 11.5 Å². The van der Waals surface area contributed by atoms with Crippen LogP contribution < -0.4 is 4.74 Å². The van der Waals surface area contributed by atoms with Gasteiger partial charge in [-0.05, 0) is 12.1 Å². The molecule has 94 valence electrons. The zero-order valence-corrected chi connectivity index (χ0v) is 9.93. The first kappa shape index (κ1) is 12.3. The summed E-state index contributed by atoms with van der Waals surface area (Å²) in [5, 5.41) is 22.2. The van der Waals surface area contributed by atoms with E-state index < -0.39 is 5.97 Å². The van der Waals surface area contributed by atoms with Crippen molar-refractivity contribution in [3.63, 3.8) is 0 Å². The minimum Gasteiger partial charge on any atom is -0.504 e. The Kier molecular flexibility index (Phi) is 3.12. The van der Waals surface area contributed by atoms with Crippen molar-refractivity contribution in [3.05, 3.63) is 29.0 Å². The van der Waals surface area contributed by atoms with Crippen molar-refractivity contribution >= 4 is 17.6 Å². The molecule has 0 bridgehead atoms. The van der Waals surface area contributed by atoms with Crippen LogP contribution in [0.2, 0.25) is 5.02 Å². The molecule has 0 aliphatic heterocycles. The van der Waals surface area contributed by atoms with Crippen LogP contribution in [-0.2, 0) is 0 Å². The van der Waals surface area contributed by atoms with Gasteiger partial charge in [0.1, 0.15) is 5.69 Å². The molecule has 0 saturated heterocycles. The molecule has 0 fully saturated rings. The highest BCUT2D eigenvalue weighted by atomic mass is 35.5. The lowest BCUT2D eigenvalue weighted by atomic mass is 10.1. The number of benzene rings is 1. The lowest BCUT2D eigenvalue weighted by Crippen LogP contribution is -1.92. The summed E-state index contributed by atoms with van der Waals surface area (Å²) in [6, 6.07) is 4.01. The fourth-order valence-electron chi connectivity index (χ4n) is 1.49. The van der Waals surface area contributed by atoms with Gasteiger partial charge >= 0.3 is 5.97 Å². The SMILES string of the molecule is COc1c(O)ccc(Cl)c1-c1cc(C(=O)O)on1. The van der Waals surface area contributed by atoms with E-state index in [0.717, 1.165) is 0 Å². The predicted octanol–water partition coefficient (Wildman–Crippen LogP) is 2.41. The topological polar surface area (TPSA) is 92.8 Å². The van der Waals surface area contributed by atoms with Crippen LogP contribution in [0, 0.1) is 0 Å². The molecule has 0 spiro atoms. The number of aromatic carboxylic acids is 1. The number of hydrogen-bond acceptors (Lipinski definition) is 5. The van der Waals surface area contributed by atoms with E-state index in [1.807, 2.05) is 0 Å². The second-order valence-electron chi connectivity index (χ2n) is 3.36. The van der Waals surface area contributed by atoms with E-state index in [1.165, 1.54) is 25.3 Å². The van der Waals surface area contributed by atoms with Crippen LogP contribution in [0.4, 0.5) is 0 Å². The third-order valence-electron chi connectivity index (χ3n) is 2.27. The van der Waals surface area contributed by atoms with Crippen LogP contribution in [0.25, 0.3) is 11.3 Å². The summed E-state index contributed by atoms with van der Waals surface area (Å²) in [5.74, 6) is -1.60. The molecular weight excluding hydrogens is 262 g/mol. The summed E-state index contributed by atoms with van der Waals surface area (Å²) >= 11 is 5.98. The molecule has 0 atom stereocenters. The van der Waals surface area contributed by atoms with Gasteiger partial charge in [-0.15, -0.1) is 0 Å². The van der Waals surface area contributed by atoms with E-state index in [9.17, 15) is 9.90 Å². The molecule has 0 saturated carbocycles. The summed E-state index contributed by atoms with van der Waals surface area (Å²) in [6.45, 7) is 0. The number of methoxy groups -OCH3 is 1. The van der Waals surface area contributed by atoms with Gasteiger partial charge in [0, 0.05) is 6.07 Å². The van der Waals surface area contributed by atoms with Crippen LogP contribution in [0.15, 0.2) is 22.7 Å². The van der Waals surface area contributed by atoms with Gasteiger partial charge in [0.05, 0.1) is 17.7 Å². The molecule has 0 amide bonds. The van der Waals surface area contributed by atoms with Gasteiger partial charge in [0.25, 0.3) is 0 Å². The van der Waals surface area contributed by atoms with E-state index in [1.54, 1.807) is 0 Å². The monoisotopic (exact) mass is 269 g/mol. The molecule has 0 aliphatic rings. The number of nitrogens with zero attached hydrogens (tertiary/aromatic N) is 1. The van der Waals surface area contributed by atoms with E-state index in [4.69, 9.17) is 21.4 Å². The molecule has 1 aromatic heterocycles. The van der Waals surface area contributed by atoms with Gasteiger partial charge in [0.2, 0.25) is 5.76 Å². The number of ether oxygens (including phenoxy) is 1. The van der Waals surface area contributed by atoms with E-state index in [0.29, 0.717) is 0 Å². The Morgan fingerprint density at radius 3 is 2.78 bits per heavy atom. The number of halogens is 1. The number of aromatic nitrogens is 1. The number of carboxylic acids is 1. The predicted molar refractivity (Wildman–Crippen MR) is 62.1 cm³/mol. The Labute approximate surface area is 106 Å². The average molecular weight is 270 g/mol. The smallest absolute Gasteiger partial charge is 0.374 e. The first-order chi connectivity index (χ1) is 8.54. The number of phenols is 1. The minimum absolute atomic E-state index is 0.104. The quantitative estimate of drug-likeness (QED) is 0.889. The molecule has 6 nitrogen and oxygen atoms in total. The molecule has 18 heavy (non-hydrogen) atoms. The number of aromatic hydroxyl groups is 1. The summed E-state index contributed by atoms with van der Waals surface area (Å²) < 4.78 is 9.65. The third kappa shape index (κ3) is 1.98. The first-order valence-corrected chi connectivity index (χ1v) is 5.18. The van der Waals surface area contributed by atoms with Crippen LogP contribution in [-0.4, -0.2) is 28.4 Å². The highest BCUT2D eigenvalue weighted by molar-refractivity contribution is 6.33. The molecule has 1 aromatic carbocycles. The molecular formula is C11H8ClNO5. The molecule has 2 aromatic rings. The van der Waals surface area contributed by atoms with Crippen molar-refractivity contribution in [2.75, 3.05) is 7.11 Å². The van der Waals surface area contributed by atoms with Crippen LogP contribution in [0.3, 0.4) is 0 Å². The second-order valence-corrected chi connectivity index (χ2v) is 3.76. The third-order valence-corrected chi connectivity index (χ3v) is 2.58. The Hall–Kier alpha value is -2.21. The second kappa shape index (κ2) is 4.58. The average Bonchev–Trinajstić information content (AvgIpc) is 2.81. The Morgan fingerprint density at radius 2 is 2.22 bits per heavy atom. The highest BCUT2D eigenvalue weighted by Gasteiger charge is 2.20. The largest absolute Gasteiger partial charge is 0.504 e. The Morgan fingerprint density at radius 1 is 1.50 bits per heavy atom. The zero-order chi connectivity index (χ0) is 13.3. The molecule has 0 unspecified atom stereocenters. The van der Waals surface area contributed by atoms with E-state index in [2.05, 4.69) is 9.68 Å². The molecule has 1 heterocycles. The molecule has 0 aliphatic carbocycles. The number of hydrogen-bond donors (Lipinski definition) is 2. The van der Waals surface area contributed by atoms with Crippen molar-refractivity contribution in [1.82, 2.24) is 5.16 Å². The highest BCUT2D eigenvalue weighted by Crippen LogP contribution is 2.41. The number of phenolic OH excluding ortho intramolecular Hbond substituents is 1. The summed E-state index contributed by atoms with van der Waals surface area (Å²) in [6.07, 6.45) is 0. The fraction of sp³-hybridized carbons (Fsp3) is 0.0909. The molecule has 2 N–H and O–H groups in total. The maximum Gasteiger partial charge on any atom is 0.374 e. The lowest BCUT2D eigenvalue weighted by molar-refractivity contribution is 0.0652. The van der Waals surface area contributed by atoms with E-state index in [-0.39, 0.29) is 33.5 Å². The molecule has 7 heteroatoms. The summed E-state index contributed by atoms with van der Waals surface area (Å²) in [5.41, 5.74) is 0.445. The van der Waals surface area contributed by atoms with Gasteiger partial charge in [-0.25, -0.2) is 4.79 Å². The van der Waals surface area contributed by atoms with Crippen LogP contribution in [0.1, 0.15) is 10.6 Å². The maximum atomic E-state index is 10.7. The van der Waals surface area contributed by atoms with Gasteiger partial charge in [-0.2, -0.15) is 0 Å². The summed E-state index contributed by atoms with van der Waals surface area (Å²) in [7, 11) is 1.35. The Bertz CT molecular complexity index is 607. The van der Waals surface area contributed by atoms with Crippen molar-refractivity contribution in [2.24, 2.45) is 0 Å². The normalized spacial score (nSPS) is 10.3. The zero-order valence-electron chi connectivity index (χ0n) is 9.18. The number of carboxylic acid groups (broad SMARTS) is 1. The van der Waals surface area contributed by atoms with E-state index >= 15 is 0 Å². The minimum atomic E-state index is -1.25. The van der Waals surface area contributed by atoms with Crippen molar-refractivity contribution in [1.29, 1.82) is 0 Å². The Balaban J connectivity index is 2.62. The van der Waals surface area contributed by atoms with Crippen LogP contribution >= 0.6 is 11.6 Å². The standard InChI is InChI=1S/C11H8ClNO5/c1-17-10-7(14)3-2-5(12)9(10)6-4-8(11(15)16)18-13-6/h2-4,14H,1H3,(H,15,16). The van der Waals surface area contributed by atoms with Crippen molar-refractivity contribution in [2.45, 2.75) is 0 Å². The fourth-order valence-corrected chi connectivity index (χ4v) is 1.73. The maximum absolute atomic E-state index is 10.7. The van der Waals surface area contributed by atoms with Gasteiger partial charge in [-0.3, -0.25) is 0 Å². The molecule has 2 rings (SSSR count). The number of rotatable bonds is 3. The van der Waals surface area contributed by atoms with Crippen molar-refractivity contribution in [3.8, 4) is 22.8 Å². The lowest BCUT2D eigenvalue weighted by Gasteiger charge is -2.09. The van der Waals surface area contributed by atoms with Crippen molar-refractivity contribution < 1.29 is 24.3 Å². The van der Waals surface area contributed by atoms with Gasteiger partial charge < -0.3 is 19.5 Å². The number of carbonyl (C=O) groups is 1. The molecule has 0 radical (unpaired) electrons. The first-order valence-electron chi connectivity index (χ1n) is 4.80. The van der Waals surface area contributed by atoms with Gasteiger partial charge in [0.15, 0.2) is 11.5 Å².